The smallest absolute Gasteiger partial charge is 0.224 e. The van der Waals surface area contributed by atoms with Gasteiger partial charge in [0.2, 0.25) is 11.8 Å². The van der Waals surface area contributed by atoms with Gasteiger partial charge in [0.1, 0.15) is 11.6 Å². The van der Waals surface area contributed by atoms with E-state index in [1.54, 1.807) is 24.3 Å². The minimum atomic E-state index is -0.432. The lowest BCUT2D eigenvalue weighted by atomic mass is 9.81. The maximum Gasteiger partial charge on any atom is 0.224 e. The average Bonchev–Trinajstić information content (AvgIpc) is 3.54. The summed E-state index contributed by atoms with van der Waals surface area (Å²) < 4.78 is 26.1. The molecule has 0 spiro atoms. The van der Waals surface area contributed by atoms with Crippen LogP contribution in [0.3, 0.4) is 0 Å². The molecule has 4 rings (SSSR count). The Hall–Kier alpha value is -3.64. The lowest BCUT2D eigenvalue weighted by Crippen LogP contribution is -2.47. The van der Waals surface area contributed by atoms with Crippen LogP contribution < -0.4 is 31.9 Å². The largest absolute Gasteiger partial charge is 0.361 e. The third kappa shape index (κ3) is 7.93. The first-order valence-electron chi connectivity index (χ1n) is 12.6. The lowest BCUT2D eigenvalue weighted by Gasteiger charge is -2.26. The van der Waals surface area contributed by atoms with E-state index in [1.165, 1.54) is 24.3 Å². The van der Waals surface area contributed by atoms with Crippen LogP contribution in [0.5, 0.6) is 0 Å². The number of carbonyl (C=O) groups excluding carboxylic acids is 2. The third-order valence-electron chi connectivity index (χ3n) is 6.69. The first kappa shape index (κ1) is 28.4. The Balaban J connectivity index is 1.17. The highest BCUT2D eigenvalue weighted by Crippen LogP contribution is 2.48. The highest BCUT2D eigenvalue weighted by atomic mass is 32.1. The number of hydrogen-bond donors (Lipinski definition) is 6. The van der Waals surface area contributed by atoms with Gasteiger partial charge in [-0.25, -0.2) is 8.78 Å². The van der Waals surface area contributed by atoms with Crippen LogP contribution in [-0.4, -0.2) is 48.2 Å². The molecule has 0 saturated heterocycles. The van der Waals surface area contributed by atoms with Crippen LogP contribution in [0.15, 0.2) is 60.7 Å². The van der Waals surface area contributed by atoms with Gasteiger partial charge in [-0.2, -0.15) is 0 Å². The predicted molar refractivity (Wildman–Crippen MR) is 155 cm³/mol. The van der Waals surface area contributed by atoms with Gasteiger partial charge >= 0.3 is 0 Å². The first-order valence-corrected chi connectivity index (χ1v) is 13.5. The summed E-state index contributed by atoms with van der Waals surface area (Å²) in [4.78, 5) is 26.1. The van der Waals surface area contributed by atoms with Crippen LogP contribution in [-0.2, 0) is 9.59 Å². The molecule has 2 amide bonds. The summed E-state index contributed by atoms with van der Waals surface area (Å²) >= 11 is 10.5. The number of fused-ring (bicyclic) bond motifs is 2. The number of rotatable bonds is 10. The molecule has 0 radical (unpaired) electrons. The molecular formula is C27H30F2N6O2S2. The normalized spacial score (nSPS) is 20.7. The number of allylic oxidation sites excluding steroid dienone is 2. The number of thiocarbonyl (C=S) groups is 2. The molecule has 2 bridgehead atoms. The second kappa shape index (κ2) is 13.4. The molecule has 2 aromatic rings. The third-order valence-corrected chi connectivity index (χ3v) is 7.18. The monoisotopic (exact) mass is 572 g/mol. The van der Waals surface area contributed by atoms with Crippen molar-refractivity contribution in [2.45, 2.75) is 6.42 Å². The van der Waals surface area contributed by atoms with Gasteiger partial charge in [0.25, 0.3) is 0 Å². The van der Waals surface area contributed by atoms with Gasteiger partial charge in [-0.3, -0.25) is 9.59 Å². The predicted octanol–water partition coefficient (Wildman–Crippen LogP) is 2.91. The summed E-state index contributed by atoms with van der Waals surface area (Å²) in [5, 5.41) is 18.4. The Morgan fingerprint density at radius 2 is 1.00 bits per heavy atom. The quantitative estimate of drug-likeness (QED) is 0.147. The zero-order valence-electron chi connectivity index (χ0n) is 21.0. The fourth-order valence-electron chi connectivity index (χ4n) is 4.91. The maximum absolute atomic E-state index is 13.0. The van der Waals surface area contributed by atoms with E-state index in [0.29, 0.717) is 47.8 Å². The molecule has 0 aliphatic heterocycles. The molecule has 1 saturated carbocycles. The number of carbonyl (C=O) groups is 2. The van der Waals surface area contributed by atoms with Gasteiger partial charge < -0.3 is 31.9 Å². The van der Waals surface area contributed by atoms with E-state index < -0.39 is 11.8 Å². The summed E-state index contributed by atoms with van der Waals surface area (Å²) in [5.41, 5.74) is 1.31. The zero-order chi connectivity index (χ0) is 27.8. The van der Waals surface area contributed by atoms with Gasteiger partial charge in [-0.05, 0) is 91.2 Å². The maximum atomic E-state index is 13.0. The van der Waals surface area contributed by atoms with Crippen molar-refractivity contribution in [2.24, 2.45) is 23.7 Å². The van der Waals surface area contributed by atoms with Gasteiger partial charge in [0, 0.05) is 37.6 Å². The topological polar surface area (TPSA) is 106 Å². The number of nitrogens with one attached hydrogen (secondary N) is 6. The van der Waals surface area contributed by atoms with E-state index in [-0.39, 0.29) is 35.3 Å². The minimum Gasteiger partial charge on any atom is -0.361 e. The van der Waals surface area contributed by atoms with Crippen molar-refractivity contribution in [2.75, 3.05) is 36.8 Å². The van der Waals surface area contributed by atoms with Gasteiger partial charge in [0.15, 0.2) is 10.2 Å². The Labute approximate surface area is 236 Å². The Morgan fingerprint density at radius 1 is 0.641 bits per heavy atom. The zero-order valence-corrected chi connectivity index (χ0v) is 22.6. The highest BCUT2D eigenvalue weighted by molar-refractivity contribution is 7.80. The molecule has 2 aromatic carbocycles. The number of halogens is 2. The number of hydrogen-bond acceptors (Lipinski definition) is 4. The van der Waals surface area contributed by atoms with Gasteiger partial charge in [-0.1, -0.05) is 12.2 Å². The van der Waals surface area contributed by atoms with Gasteiger partial charge in [-0.15, -0.1) is 0 Å². The molecule has 8 nitrogen and oxygen atoms in total. The molecular weight excluding hydrogens is 542 g/mol. The molecule has 39 heavy (non-hydrogen) atoms. The van der Waals surface area contributed by atoms with Crippen LogP contribution in [0, 0.1) is 35.3 Å². The summed E-state index contributed by atoms with van der Waals surface area (Å²) in [6, 6.07) is 11.6. The lowest BCUT2D eigenvalue weighted by molar-refractivity contribution is -0.135. The van der Waals surface area contributed by atoms with Crippen molar-refractivity contribution in [3.8, 4) is 0 Å². The van der Waals surface area contributed by atoms with Crippen molar-refractivity contribution in [1.29, 1.82) is 0 Å². The molecule has 6 N–H and O–H groups in total. The average molecular weight is 573 g/mol. The number of anilines is 2. The van der Waals surface area contributed by atoms with E-state index in [0.717, 1.165) is 6.42 Å². The SMILES string of the molecule is O=C(NCCNC(=S)Nc1ccc(F)cc1)[C@@H]1[C@H](C(=O)NCCNC(=S)Nc2ccc(F)cc2)[C@@H]2C=C[C@H]1C2. The van der Waals surface area contributed by atoms with Gasteiger partial charge in [0.05, 0.1) is 11.8 Å². The first-order chi connectivity index (χ1) is 18.8. The van der Waals surface area contributed by atoms with E-state index in [1.807, 2.05) is 12.2 Å². The summed E-state index contributed by atoms with van der Waals surface area (Å²) in [6.07, 6.45) is 4.84. The molecule has 12 heteroatoms. The van der Waals surface area contributed by atoms with E-state index in [9.17, 15) is 18.4 Å². The molecule has 2 aliphatic carbocycles. The molecule has 0 heterocycles. The fraction of sp³-hybridized carbons (Fsp3) is 0.333. The van der Waals surface area contributed by atoms with Crippen LogP contribution >= 0.6 is 24.4 Å². The van der Waals surface area contributed by atoms with E-state index in [4.69, 9.17) is 24.4 Å². The summed E-state index contributed by atoms with van der Waals surface area (Å²) in [6.45, 7) is 1.45. The van der Waals surface area contributed by atoms with Crippen molar-refractivity contribution in [1.82, 2.24) is 21.3 Å². The van der Waals surface area contributed by atoms with E-state index >= 15 is 0 Å². The van der Waals surface area contributed by atoms with Crippen molar-refractivity contribution < 1.29 is 18.4 Å². The Kier molecular flexibility index (Phi) is 9.77. The molecule has 2 aliphatic rings. The van der Waals surface area contributed by atoms with Crippen molar-refractivity contribution >= 4 is 57.8 Å². The van der Waals surface area contributed by atoms with Crippen LogP contribution in [0.4, 0.5) is 20.2 Å². The Bertz CT molecular complexity index is 1130. The van der Waals surface area contributed by atoms with Crippen LogP contribution in [0.25, 0.3) is 0 Å². The molecule has 4 atom stereocenters. The fourth-order valence-corrected chi connectivity index (χ4v) is 5.35. The molecule has 206 valence electrons. The standard InChI is InChI=1S/C27H30F2N6O2S2/c28-18-3-7-20(8-4-18)34-26(38)32-13-11-30-24(36)22-16-1-2-17(15-16)23(22)25(37)31-12-14-33-27(39)35-21-9-5-19(29)6-10-21/h1-10,16-17,22-23H,11-15H2,(H,30,36)(H,31,37)(H2,32,34,38)(H2,33,35,39)/t16-,17+,22-,23+. The van der Waals surface area contributed by atoms with Crippen molar-refractivity contribution in [3.05, 3.63) is 72.3 Å². The Morgan fingerprint density at radius 3 is 1.38 bits per heavy atom. The van der Waals surface area contributed by atoms with Crippen LogP contribution in [0.1, 0.15) is 6.42 Å². The highest BCUT2D eigenvalue weighted by Gasteiger charge is 2.51. The van der Waals surface area contributed by atoms with Crippen molar-refractivity contribution in [3.63, 3.8) is 0 Å². The van der Waals surface area contributed by atoms with E-state index in [2.05, 4.69) is 31.9 Å². The molecule has 1 fully saturated rings. The second-order valence-electron chi connectivity index (χ2n) is 9.36. The second-order valence-corrected chi connectivity index (χ2v) is 10.2. The number of benzene rings is 2. The molecule has 0 aromatic heterocycles. The molecule has 0 unspecified atom stereocenters. The number of amides is 2. The minimum absolute atomic E-state index is 0.0329. The summed E-state index contributed by atoms with van der Waals surface area (Å²) in [7, 11) is 0. The summed E-state index contributed by atoms with van der Waals surface area (Å²) in [5.74, 6) is -1.78. The van der Waals surface area contributed by atoms with Crippen LogP contribution in [0.2, 0.25) is 0 Å².